The van der Waals surface area contributed by atoms with Gasteiger partial charge >= 0.3 is 0 Å². The Morgan fingerprint density at radius 3 is 2.48 bits per heavy atom. The molecular weight excluding hydrogens is 264 g/mol. The summed E-state index contributed by atoms with van der Waals surface area (Å²) in [7, 11) is 0. The first-order valence-electron chi connectivity index (χ1n) is 7.63. The van der Waals surface area contributed by atoms with E-state index in [2.05, 4.69) is 29.3 Å². The lowest BCUT2D eigenvalue weighted by atomic mass is 10.2. The number of rotatable bonds is 8. The van der Waals surface area contributed by atoms with Crippen molar-refractivity contribution < 1.29 is 9.53 Å². The third-order valence-electron chi connectivity index (χ3n) is 3.07. The number of hydrogen-bond acceptors (Lipinski definition) is 3. The highest BCUT2D eigenvalue weighted by molar-refractivity contribution is 5.77. The summed E-state index contributed by atoms with van der Waals surface area (Å²) in [6, 6.07) is 10.3. The van der Waals surface area contributed by atoms with Crippen LogP contribution in [0.5, 0.6) is 0 Å². The van der Waals surface area contributed by atoms with Crippen molar-refractivity contribution in [3.63, 3.8) is 0 Å². The van der Waals surface area contributed by atoms with Gasteiger partial charge in [-0.25, -0.2) is 0 Å². The number of nitrogens with one attached hydrogen (secondary N) is 1. The van der Waals surface area contributed by atoms with Gasteiger partial charge in [-0.3, -0.25) is 4.79 Å². The molecule has 0 unspecified atom stereocenters. The molecule has 0 aliphatic heterocycles. The number of amides is 1. The zero-order valence-corrected chi connectivity index (χ0v) is 13.7. The Bertz CT molecular complexity index is 413. The molecule has 0 fully saturated rings. The average molecular weight is 292 g/mol. The summed E-state index contributed by atoms with van der Waals surface area (Å²) in [5.74, 6) is -0.0484. The molecule has 1 aromatic carbocycles. The van der Waals surface area contributed by atoms with E-state index >= 15 is 0 Å². The van der Waals surface area contributed by atoms with Crippen LogP contribution in [0, 0.1) is 0 Å². The minimum atomic E-state index is -0.274. The van der Waals surface area contributed by atoms with Gasteiger partial charge in [-0.1, -0.05) is 18.2 Å². The van der Waals surface area contributed by atoms with E-state index in [1.54, 1.807) is 0 Å². The van der Waals surface area contributed by atoms with Gasteiger partial charge in [0.1, 0.15) is 6.61 Å². The highest BCUT2D eigenvalue weighted by atomic mass is 16.5. The first-order valence-corrected chi connectivity index (χ1v) is 7.63. The maximum atomic E-state index is 11.6. The van der Waals surface area contributed by atoms with Gasteiger partial charge in [0.15, 0.2) is 0 Å². The van der Waals surface area contributed by atoms with Gasteiger partial charge in [0, 0.05) is 25.3 Å². The molecule has 0 atom stereocenters. The second-order valence-electron chi connectivity index (χ2n) is 6.02. The third kappa shape index (κ3) is 7.71. The molecule has 1 N–H and O–H groups in total. The van der Waals surface area contributed by atoms with Crippen molar-refractivity contribution in [1.82, 2.24) is 5.32 Å². The van der Waals surface area contributed by atoms with E-state index in [0.717, 1.165) is 19.5 Å². The Balaban J connectivity index is 2.22. The van der Waals surface area contributed by atoms with Crippen molar-refractivity contribution in [1.29, 1.82) is 0 Å². The number of benzene rings is 1. The second-order valence-corrected chi connectivity index (χ2v) is 6.02. The van der Waals surface area contributed by atoms with Crippen molar-refractivity contribution in [2.75, 3.05) is 31.1 Å². The number of para-hydroxylation sites is 1. The Morgan fingerprint density at radius 2 is 1.90 bits per heavy atom. The van der Waals surface area contributed by atoms with Crippen molar-refractivity contribution in [3.05, 3.63) is 30.3 Å². The largest absolute Gasteiger partial charge is 0.372 e. The van der Waals surface area contributed by atoms with Crippen LogP contribution < -0.4 is 10.2 Å². The summed E-state index contributed by atoms with van der Waals surface area (Å²) in [6.45, 7) is 10.7. The summed E-state index contributed by atoms with van der Waals surface area (Å²) < 4.78 is 5.44. The van der Waals surface area contributed by atoms with E-state index in [4.69, 9.17) is 4.74 Å². The van der Waals surface area contributed by atoms with E-state index in [9.17, 15) is 4.79 Å². The Labute approximate surface area is 128 Å². The lowest BCUT2D eigenvalue weighted by Crippen LogP contribution is -2.34. The standard InChI is InChI=1S/C17H28N2O2/c1-5-19(15-10-7-6-8-11-15)13-9-12-18-16(20)14-21-17(2,3)4/h6-8,10-11H,5,9,12-14H2,1-4H3,(H,18,20). The Hall–Kier alpha value is -1.55. The molecule has 4 nitrogen and oxygen atoms in total. The lowest BCUT2D eigenvalue weighted by Gasteiger charge is -2.23. The van der Waals surface area contributed by atoms with Gasteiger partial charge in [-0.2, -0.15) is 0 Å². The van der Waals surface area contributed by atoms with Crippen LogP contribution in [0.4, 0.5) is 5.69 Å². The van der Waals surface area contributed by atoms with E-state index in [1.165, 1.54) is 5.69 Å². The first kappa shape index (κ1) is 17.5. The summed E-state index contributed by atoms with van der Waals surface area (Å²) in [5, 5.41) is 2.90. The molecule has 0 spiro atoms. The molecule has 0 aromatic heterocycles. The Kier molecular flexibility index (Phi) is 7.23. The second kappa shape index (κ2) is 8.67. The molecule has 21 heavy (non-hydrogen) atoms. The van der Waals surface area contributed by atoms with Crippen molar-refractivity contribution in [2.24, 2.45) is 0 Å². The molecule has 0 saturated carbocycles. The Morgan fingerprint density at radius 1 is 1.24 bits per heavy atom. The predicted molar refractivity (Wildman–Crippen MR) is 87.7 cm³/mol. The van der Waals surface area contributed by atoms with Gasteiger partial charge < -0.3 is 15.0 Å². The van der Waals surface area contributed by atoms with Crippen LogP contribution in [0.25, 0.3) is 0 Å². The summed E-state index contributed by atoms with van der Waals surface area (Å²) in [5.41, 5.74) is 0.950. The van der Waals surface area contributed by atoms with Gasteiger partial charge in [0.05, 0.1) is 5.60 Å². The fourth-order valence-electron chi connectivity index (χ4n) is 1.94. The maximum Gasteiger partial charge on any atom is 0.246 e. The van der Waals surface area contributed by atoms with Crippen molar-refractivity contribution >= 4 is 11.6 Å². The van der Waals surface area contributed by atoms with Gasteiger partial charge in [-0.05, 0) is 46.2 Å². The highest BCUT2D eigenvalue weighted by Gasteiger charge is 2.12. The molecule has 1 amide bonds. The van der Waals surface area contributed by atoms with Crippen LogP contribution in [0.15, 0.2) is 30.3 Å². The zero-order chi connectivity index (χ0) is 15.7. The number of ether oxygens (including phenoxy) is 1. The van der Waals surface area contributed by atoms with Crippen LogP contribution in [-0.2, 0) is 9.53 Å². The van der Waals surface area contributed by atoms with Gasteiger partial charge in [-0.15, -0.1) is 0 Å². The average Bonchev–Trinajstić information content (AvgIpc) is 2.45. The molecule has 0 saturated heterocycles. The number of hydrogen-bond donors (Lipinski definition) is 1. The molecule has 0 bridgehead atoms. The van der Waals surface area contributed by atoms with E-state index in [-0.39, 0.29) is 18.1 Å². The van der Waals surface area contributed by atoms with Crippen LogP contribution in [0.1, 0.15) is 34.1 Å². The van der Waals surface area contributed by atoms with Gasteiger partial charge in [0.2, 0.25) is 5.91 Å². The number of nitrogens with zero attached hydrogens (tertiary/aromatic N) is 1. The molecule has 118 valence electrons. The smallest absolute Gasteiger partial charge is 0.246 e. The third-order valence-corrected chi connectivity index (χ3v) is 3.07. The van der Waals surface area contributed by atoms with E-state index in [1.807, 2.05) is 39.0 Å². The normalized spacial score (nSPS) is 11.2. The van der Waals surface area contributed by atoms with Crippen LogP contribution in [-0.4, -0.2) is 37.7 Å². The number of carbonyl (C=O) groups excluding carboxylic acids is 1. The lowest BCUT2D eigenvalue weighted by molar-refractivity contribution is -0.130. The highest BCUT2D eigenvalue weighted by Crippen LogP contribution is 2.12. The monoisotopic (exact) mass is 292 g/mol. The minimum Gasteiger partial charge on any atom is -0.372 e. The van der Waals surface area contributed by atoms with E-state index in [0.29, 0.717) is 6.54 Å². The molecule has 0 aliphatic rings. The topological polar surface area (TPSA) is 41.6 Å². The summed E-state index contributed by atoms with van der Waals surface area (Å²) in [6.07, 6.45) is 0.921. The molecule has 0 radical (unpaired) electrons. The quantitative estimate of drug-likeness (QED) is 0.749. The summed E-state index contributed by atoms with van der Waals surface area (Å²) in [4.78, 5) is 13.9. The molecule has 0 aliphatic carbocycles. The minimum absolute atomic E-state index is 0.0484. The number of carbonyl (C=O) groups is 1. The molecule has 0 heterocycles. The van der Waals surface area contributed by atoms with Crippen LogP contribution in [0.2, 0.25) is 0 Å². The van der Waals surface area contributed by atoms with Crippen molar-refractivity contribution in [2.45, 2.75) is 39.7 Å². The molecular formula is C17H28N2O2. The van der Waals surface area contributed by atoms with Crippen molar-refractivity contribution in [3.8, 4) is 0 Å². The van der Waals surface area contributed by atoms with Crippen LogP contribution in [0.3, 0.4) is 0 Å². The maximum absolute atomic E-state index is 11.6. The van der Waals surface area contributed by atoms with Gasteiger partial charge in [0.25, 0.3) is 0 Å². The summed E-state index contributed by atoms with van der Waals surface area (Å²) >= 11 is 0. The van der Waals surface area contributed by atoms with Crippen LogP contribution >= 0.6 is 0 Å². The SMILES string of the molecule is CCN(CCCNC(=O)COC(C)(C)C)c1ccccc1. The predicted octanol–water partition coefficient (Wildman–Crippen LogP) is 2.83. The molecule has 4 heteroatoms. The fourth-order valence-corrected chi connectivity index (χ4v) is 1.94. The zero-order valence-electron chi connectivity index (χ0n) is 13.7. The molecule has 1 rings (SSSR count). The number of anilines is 1. The first-order chi connectivity index (χ1) is 9.92. The fraction of sp³-hybridized carbons (Fsp3) is 0.588. The van der Waals surface area contributed by atoms with E-state index < -0.39 is 0 Å². The molecule has 1 aromatic rings.